The first-order valence-corrected chi connectivity index (χ1v) is 8.55. The van der Waals surface area contributed by atoms with Gasteiger partial charge in [-0.3, -0.25) is 4.79 Å². The number of halogens is 3. The summed E-state index contributed by atoms with van der Waals surface area (Å²) < 4.78 is 39.2. The van der Waals surface area contributed by atoms with Crippen LogP contribution in [0, 0.1) is 0 Å². The summed E-state index contributed by atoms with van der Waals surface area (Å²) in [6, 6.07) is 7.32. The van der Waals surface area contributed by atoms with Gasteiger partial charge in [-0.15, -0.1) is 10.2 Å². The lowest BCUT2D eigenvalue weighted by molar-refractivity contribution is -0.137. The lowest BCUT2D eigenvalue weighted by Crippen LogP contribution is -2.45. The number of carbonyl (C=O) groups is 2. The number of alkyl halides is 3. The molecule has 1 aliphatic rings. The van der Waals surface area contributed by atoms with Gasteiger partial charge in [-0.1, -0.05) is 12.1 Å². The number of nitrogens with one attached hydrogen (secondary N) is 1. The summed E-state index contributed by atoms with van der Waals surface area (Å²) in [5, 5.41) is 19.0. The van der Waals surface area contributed by atoms with Crippen LogP contribution in [0.5, 0.6) is 0 Å². The molecule has 1 saturated heterocycles. The zero-order valence-electron chi connectivity index (χ0n) is 14.6. The van der Waals surface area contributed by atoms with E-state index in [1.54, 1.807) is 6.07 Å². The van der Waals surface area contributed by atoms with Gasteiger partial charge in [0, 0.05) is 19.1 Å². The summed E-state index contributed by atoms with van der Waals surface area (Å²) in [4.78, 5) is 25.0. The van der Waals surface area contributed by atoms with E-state index in [1.807, 2.05) is 4.90 Å². The van der Waals surface area contributed by atoms with Gasteiger partial charge in [-0.05, 0) is 37.1 Å². The van der Waals surface area contributed by atoms with Crippen LogP contribution in [0.3, 0.4) is 0 Å². The van der Waals surface area contributed by atoms with Crippen LogP contribution in [0.25, 0.3) is 0 Å². The highest BCUT2D eigenvalue weighted by Crippen LogP contribution is 2.32. The molecule has 148 valence electrons. The Labute approximate surface area is 158 Å². The zero-order valence-corrected chi connectivity index (χ0v) is 14.6. The molecule has 0 unspecified atom stereocenters. The number of hydrogen-bond acceptors (Lipinski definition) is 5. The van der Waals surface area contributed by atoms with E-state index in [1.165, 1.54) is 18.2 Å². The number of carboxylic acids is 1. The zero-order chi connectivity index (χ0) is 20.3. The molecule has 0 aliphatic carbocycles. The minimum absolute atomic E-state index is 0.158. The maximum absolute atomic E-state index is 13.1. The molecule has 2 heterocycles. The lowest BCUT2D eigenvalue weighted by Gasteiger charge is -2.33. The average Bonchev–Trinajstić information content (AvgIpc) is 2.68. The molecule has 1 amide bonds. The van der Waals surface area contributed by atoms with Crippen LogP contribution < -0.4 is 10.2 Å². The highest BCUT2D eigenvalue weighted by molar-refractivity contribution is 5.96. The topological polar surface area (TPSA) is 95.4 Å². The normalized spacial score (nSPS) is 15.3. The van der Waals surface area contributed by atoms with Crippen LogP contribution in [0.2, 0.25) is 0 Å². The molecule has 0 saturated carbocycles. The van der Waals surface area contributed by atoms with Crippen molar-refractivity contribution in [2.45, 2.75) is 25.1 Å². The van der Waals surface area contributed by atoms with Gasteiger partial charge in [0.25, 0.3) is 5.91 Å². The molecule has 0 atom stereocenters. The van der Waals surface area contributed by atoms with Crippen LogP contribution in [0.15, 0.2) is 36.4 Å². The summed E-state index contributed by atoms with van der Waals surface area (Å²) in [6.07, 6.45) is -3.57. The number of nitrogens with zero attached hydrogens (tertiary/aromatic N) is 3. The van der Waals surface area contributed by atoms with Crippen molar-refractivity contribution >= 4 is 17.7 Å². The first kappa shape index (κ1) is 19.6. The molecule has 10 heteroatoms. The van der Waals surface area contributed by atoms with E-state index in [2.05, 4.69) is 15.5 Å². The van der Waals surface area contributed by atoms with E-state index in [0.29, 0.717) is 31.7 Å². The van der Waals surface area contributed by atoms with Crippen molar-refractivity contribution in [1.29, 1.82) is 0 Å². The van der Waals surface area contributed by atoms with E-state index in [-0.39, 0.29) is 11.7 Å². The molecule has 0 spiro atoms. The van der Waals surface area contributed by atoms with E-state index >= 15 is 0 Å². The SMILES string of the molecule is O=C(O)c1ccc(N2CCC(NC(=O)c3ccccc3C(F)(F)F)CC2)nn1. The lowest BCUT2D eigenvalue weighted by atomic mass is 10.0. The maximum atomic E-state index is 13.1. The molecule has 1 fully saturated rings. The number of anilines is 1. The number of rotatable bonds is 4. The molecule has 3 rings (SSSR count). The Kier molecular flexibility index (Phi) is 5.48. The van der Waals surface area contributed by atoms with Gasteiger partial charge in [0.2, 0.25) is 0 Å². The molecular formula is C18H17F3N4O3. The average molecular weight is 394 g/mol. The quantitative estimate of drug-likeness (QED) is 0.828. The van der Waals surface area contributed by atoms with Crippen LogP contribution in [0.4, 0.5) is 19.0 Å². The second kappa shape index (κ2) is 7.83. The first-order valence-electron chi connectivity index (χ1n) is 8.55. The van der Waals surface area contributed by atoms with Crippen molar-refractivity contribution in [1.82, 2.24) is 15.5 Å². The Morgan fingerprint density at radius 1 is 1.07 bits per heavy atom. The third-order valence-corrected chi connectivity index (χ3v) is 4.50. The summed E-state index contributed by atoms with van der Waals surface area (Å²) >= 11 is 0. The third-order valence-electron chi connectivity index (χ3n) is 4.50. The molecule has 2 N–H and O–H groups in total. The van der Waals surface area contributed by atoms with Crippen molar-refractivity contribution in [3.8, 4) is 0 Å². The molecule has 1 aromatic carbocycles. The van der Waals surface area contributed by atoms with Crippen LogP contribution in [-0.2, 0) is 6.18 Å². The highest BCUT2D eigenvalue weighted by Gasteiger charge is 2.35. The van der Waals surface area contributed by atoms with Gasteiger partial charge in [0.05, 0.1) is 11.1 Å². The van der Waals surface area contributed by atoms with Crippen molar-refractivity contribution in [3.05, 3.63) is 53.2 Å². The molecule has 28 heavy (non-hydrogen) atoms. The van der Waals surface area contributed by atoms with E-state index in [9.17, 15) is 22.8 Å². The first-order chi connectivity index (χ1) is 13.3. The summed E-state index contributed by atoms with van der Waals surface area (Å²) in [6.45, 7) is 1.01. The Morgan fingerprint density at radius 3 is 2.32 bits per heavy atom. The van der Waals surface area contributed by atoms with Crippen LogP contribution in [-0.4, -0.2) is 46.3 Å². The van der Waals surface area contributed by atoms with E-state index in [0.717, 1.165) is 12.1 Å². The third kappa shape index (κ3) is 4.38. The fraction of sp³-hybridized carbons (Fsp3) is 0.333. The van der Waals surface area contributed by atoms with E-state index in [4.69, 9.17) is 5.11 Å². The molecular weight excluding hydrogens is 377 g/mol. The van der Waals surface area contributed by atoms with Crippen molar-refractivity contribution in [3.63, 3.8) is 0 Å². The largest absolute Gasteiger partial charge is 0.476 e. The summed E-state index contributed by atoms with van der Waals surface area (Å²) in [5.41, 5.74) is -1.51. The van der Waals surface area contributed by atoms with Gasteiger partial charge in [0.1, 0.15) is 0 Å². The molecule has 2 aromatic rings. The number of amides is 1. The summed E-state index contributed by atoms with van der Waals surface area (Å²) in [7, 11) is 0. The second-order valence-electron chi connectivity index (χ2n) is 6.36. The van der Waals surface area contributed by atoms with Gasteiger partial charge in [0.15, 0.2) is 11.5 Å². The Hall–Kier alpha value is -3.17. The number of carboxylic acid groups (broad SMARTS) is 1. The van der Waals surface area contributed by atoms with Gasteiger partial charge < -0.3 is 15.3 Å². The smallest absolute Gasteiger partial charge is 0.417 e. The number of hydrogen-bond donors (Lipinski definition) is 2. The monoisotopic (exact) mass is 394 g/mol. The van der Waals surface area contributed by atoms with Gasteiger partial charge in [-0.25, -0.2) is 4.79 Å². The standard InChI is InChI=1S/C18H17F3N4O3/c19-18(20,21)13-4-2-1-3-12(13)16(26)22-11-7-9-25(10-8-11)15-6-5-14(17(27)28)23-24-15/h1-6,11H,7-10H2,(H,22,26)(H,27,28). The minimum atomic E-state index is -4.60. The summed E-state index contributed by atoms with van der Waals surface area (Å²) in [5.74, 6) is -1.41. The fourth-order valence-corrected chi connectivity index (χ4v) is 3.05. The number of aromatic nitrogens is 2. The van der Waals surface area contributed by atoms with Crippen molar-refractivity contribution in [2.24, 2.45) is 0 Å². The predicted octanol–water partition coefficient (Wildman–Crippen LogP) is 2.59. The Bertz CT molecular complexity index is 863. The van der Waals surface area contributed by atoms with Crippen LogP contribution >= 0.6 is 0 Å². The van der Waals surface area contributed by atoms with Gasteiger partial charge in [-0.2, -0.15) is 13.2 Å². The van der Waals surface area contributed by atoms with E-state index < -0.39 is 29.2 Å². The molecule has 0 bridgehead atoms. The maximum Gasteiger partial charge on any atom is 0.417 e. The fourth-order valence-electron chi connectivity index (χ4n) is 3.05. The molecule has 1 aliphatic heterocycles. The number of benzene rings is 1. The number of aromatic carboxylic acids is 1. The Balaban J connectivity index is 1.60. The predicted molar refractivity (Wildman–Crippen MR) is 93.1 cm³/mol. The number of carbonyl (C=O) groups excluding carboxylic acids is 1. The van der Waals surface area contributed by atoms with Crippen molar-refractivity contribution < 1.29 is 27.9 Å². The van der Waals surface area contributed by atoms with Gasteiger partial charge >= 0.3 is 12.1 Å². The number of piperidine rings is 1. The molecule has 0 radical (unpaired) electrons. The second-order valence-corrected chi connectivity index (χ2v) is 6.36. The Morgan fingerprint density at radius 2 is 1.75 bits per heavy atom. The molecule has 1 aromatic heterocycles. The van der Waals surface area contributed by atoms with Crippen molar-refractivity contribution in [2.75, 3.05) is 18.0 Å². The van der Waals surface area contributed by atoms with Crippen LogP contribution in [0.1, 0.15) is 39.3 Å². The minimum Gasteiger partial charge on any atom is -0.476 e. The molecule has 7 nitrogen and oxygen atoms in total. The highest BCUT2D eigenvalue weighted by atomic mass is 19.4.